The second-order valence-corrected chi connectivity index (χ2v) is 12.3. The minimum atomic E-state index is -3.14. The van der Waals surface area contributed by atoms with Crippen LogP contribution in [0.25, 0.3) is 11.5 Å². The average Bonchev–Trinajstić information content (AvgIpc) is 3.46. The van der Waals surface area contributed by atoms with Gasteiger partial charge >= 0.3 is 0 Å². The van der Waals surface area contributed by atoms with E-state index in [9.17, 15) is 22.4 Å². The van der Waals surface area contributed by atoms with Crippen LogP contribution in [0.1, 0.15) is 47.5 Å². The van der Waals surface area contributed by atoms with Gasteiger partial charge in [-0.25, -0.2) is 17.8 Å². The molecule has 1 N–H and O–H groups in total. The number of aromatic nitrogens is 1. The highest BCUT2D eigenvalue weighted by Crippen LogP contribution is 2.50. The SMILES string of the molecule is O=C(N[C@@H](CCCC1C[C@H]1c1ccc(F)cc1)C(=O)N1CCS(=O)(=O)CC1)c1ccc(-c2ncco2)cc1. The zero-order valence-corrected chi connectivity index (χ0v) is 21.7. The first kappa shape index (κ1) is 26.1. The Kier molecular flexibility index (Phi) is 7.60. The summed E-state index contributed by atoms with van der Waals surface area (Å²) in [5.41, 5.74) is 2.26. The van der Waals surface area contributed by atoms with E-state index in [2.05, 4.69) is 10.3 Å². The summed E-state index contributed by atoms with van der Waals surface area (Å²) < 4.78 is 42.2. The van der Waals surface area contributed by atoms with Gasteiger partial charge in [0.25, 0.3) is 5.91 Å². The molecule has 3 aromatic rings. The van der Waals surface area contributed by atoms with Crippen LogP contribution in [0.4, 0.5) is 4.39 Å². The van der Waals surface area contributed by atoms with E-state index in [4.69, 9.17) is 4.42 Å². The zero-order chi connectivity index (χ0) is 26.7. The summed E-state index contributed by atoms with van der Waals surface area (Å²) in [4.78, 5) is 32.1. The van der Waals surface area contributed by atoms with Gasteiger partial charge < -0.3 is 14.6 Å². The molecule has 1 saturated heterocycles. The first-order valence-corrected chi connectivity index (χ1v) is 14.7. The Balaban J connectivity index is 1.21. The lowest BCUT2D eigenvalue weighted by atomic mass is 10.0. The van der Waals surface area contributed by atoms with Crippen LogP contribution in [-0.4, -0.2) is 60.8 Å². The molecule has 2 amide bonds. The monoisotopic (exact) mass is 539 g/mol. The molecule has 38 heavy (non-hydrogen) atoms. The molecule has 10 heteroatoms. The molecule has 5 rings (SSSR count). The van der Waals surface area contributed by atoms with E-state index in [1.165, 1.54) is 23.3 Å². The number of carbonyl (C=O) groups excluding carboxylic acids is 2. The highest BCUT2D eigenvalue weighted by molar-refractivity contribution is 7.91. The van der Waals surface area contributed by atoms with Crippen molar-refractivity contribution in [3.05, 3.63) is 77.9 Å². The number of benzene rings is 2. The standard InChI is InChI=1S/C28H30FN3O5S/c29-23-10-8-19(9-11-23)24-18-22(24)2-1-3-25(28(34)32-13-16-38(35,36)17-14-32)31-26(33)20-4-6-21(7-5-20)27-30-12-15-37-27/h4-12,15,22,24-25H,1-3,13-14,16-18H2,(H,31,33)/t22?,24-,25-/m0/s1. The van der Waals surface area contributed by atoms with Crippen molar-refractivity contribution in [2.75, 3.05) is 24.6 Å². The number of amides is 2. The Hall–Kier alpha value is -3.53. The van der Waals surface area contributed by atoms with Crippen molar-refractivity contribution in [1.82, 2.24) is 15.2 Å². The highest BCUT2D eigenvalue weighted by Gasteiger charge is 2.38. The minimum absolute atomic E-state index is 0.0664. The van der Waals surface area contributed by atoms with Gasteiger partial charge in [-0.1, -0.05) is 18.6 Å². The predicted molar refractivity (Wildman–Crippen MR) is 140 cm³/mol. The van der Waals surface area contributed by atoms with Gasteiger partial charge in [-0.3, -0.25) is 9.59 Å². The molecule has 0 radical (unpaired) electrons. The number of nitrogens with zero attached hydrogens (tertiary/aromatic N) is 2. The molecule has 200 valence electrons. The van der Waals surface area contributed by atoms with Crippen LogP contribution in [0.15, 0.2) is 65.4 Å². The lowest BCUT2D eigenvalue weighted by Crippen LogP contribution is -2.52. The second kappa shape index (κ2) is 11.1. The number of rotatable bonds is 9. The summed E-state index contributed by atoms with van der Waals surface area (Å²) in [6, 6.07) is 12.6. The molecule has 0 spiro atoms. The summed E-state index contributed by atoms with van der Waals surface area (Å²) in [6.45, 7) is 0.265. The Bertz CT molecular complexity index is 1360. The molecule has 2 aromatic carbocycles. The van der Waals surface area contributed by atoms with Crippen molar-refractivity contribution in [1.29, 1.82) is 0 Å². The van der Waals surface area contributed by atoms with E-state index in [1.807, 2.05) is 12.1 Å². The Labute approximate surface area is 221 Å². The number of nitrogens with one attached hydrogen (secondary N) is 1. The van der Waals surface area contributed by atoms with Crippen molar-refractivity contribution in [2.45, 2.75) is 37.6 Å². The van der Waals surface area contributed by atoms with Crippen LogP contribution >= 0.6 is 0 Å². The molecule has 1 aliphatic carbocycles. The van der Waals surface area contributed by atoms with E-state index < -0.39 is 15.9 Å². The molecule has 2 fully saturated rings. The first-order valence-electron chi connectivity index (χ1n) is 12.8. The van der Waals surface area contributed by atoms with Crippen molar-refractivity contribution in [3.8, 4) is 11.5 Å². The lowest BCUT2D eigenvalue weighted by Gasteiger charge is -2.30. The third kappa shape index (κ3) is 6.30. The third-order valence-electron chi connectivity index (χ3n) is 7.37. The van der Waals surface area contributed by atoms with Gasteiger partial charge in [-0.15, -0.1) is 0 Å². The molecule has 0 bridgehead atoms. The fraction of sp³-hybridized carbons (Fsp3) is 0.393. The molecule has 3 atom stereocenters. The molecule has 1 aromatic heterocycles. The summed E-state index contributed by atoms with van der Waals surface area (Å²) in [6.07, 6.45) is 6.12. The molecule has 1 aliphatic heterocycles. The van der Waals surface area contributed by atoms with Gasteiger partial charge in [0.1, 0.15) is 18.1 Å². The second-order valence-electron chi connectivity index (χ2n) is 10.0. The molecule has 8 nitrogen and oxygen atoms in total. The average molecular weight is 540 g/mol. The van der Waals surface area contributed by atoms with Crippen molar-refractivity contribution in [2.24, 2.45) is 5.92 Å². The number of carbonyl (C=O) groups is 2. The van der Waals surface area contributed by atoms with Crippen LogP contribution in [-0.2, 0) is 14.6 Å². The maximum atomic E-state index is 13.4. The maximum absolute atomic E-state index is 13.4. The largest absolute Gasteiger partial charge is 0.445 e. The Morgan fingerprint density at radius 1 is 1.08 bits per heavy atom. The van der Waals surface area contributed by atoms with Crippen LogP contribution in [0.2, 0.25) is 0 Å². The summed E-state index contributed by atoms with van der Waals surface area (Å²) >= 11 is 0. The number of oxazole rings is 1. The summed E-state index contributed by atoms with van der Waals surface area (Å²) in [7, 11) is -3.14. The lowest BCUT2D eigenvalue weighted by molar-refractivity contribution is -0.133. The normalized spacial score (nSPS) is 21.0. The molecule has 2 aliphatic rings. The van der Waals surface area contributed by atoms with E-state index in [-0.39, 0.29) is 42.2 Å². The highest BCUT2D eigenvalue weighted by atomic mass is 32.2. The minimum Gasteiger partial charge on any atom is -0.445 e. The van der Waals surface area contributed by atoms with Crippen molar-refractivity contribution in [3.63, 3.8) is 0 Å². The van der Waals surface area contributed by atoms with Gasteiger partial charge in [0.05, 0.1) is 17.7 Å². The predicted octanol–water partition coefficient (Wildman–Crippen LogP) is 3.81. The first-order chi connectivity index (χ1) is 18.3. The number of hydrogen-bond acceptors (Lipinski definition) is 6. The molecular formula is C28H30FN3O5S. The smallest absolute Gasteiger partial charge is 0.251 e. The van der Waals surface area contributed by atoms with Gasteiger partial charge in [0.2, 0.25) is 11.8 Å². The molecule has 1 unspecified atom stereocenters. The van der Waals surface area contributed by atoms with Crippen LogP contribution < -0.4 is 5.32 Å². The van der Waals surface area contributed by atoms with Crippen LogP contribution in [0.3, 0.4) is 0 Å². The number of hydrogen-bond donors (Lipinski definition) is 1. The van der Waals surface area contributed by atoms with Gasteiger partial charge in [-0.2, -0.15) is 0 Å². The molecule has 1 saturated carbocycles. The third-order valence-corrected chi connectivity index (χ3v) is 8.98. The zero-order valence-electron chi connectivity index (χ0n) is 20.9. The summed E-state index contributed by atoms with van der Waals surface area (Å²) in [5.74, 6) is 0.304. The van der Waals surface area contributed by atoms with Crippen LogP contribution in [0, 0.1) is 11.7 Å². The Morgan fingerprint density at radius 3 is 2.45 bits per heavy atom. The number of sulfone groups is 1. The Morgan fingerprint density at radius 2 is 1.79 bits per heavy atom. The van der Waals surface area contributed by atoms with E-state index >= 15 is 0 Å². The van der Waals surface area contributed by atoms with E-state index in [0.29, 0.717) is 29.7 Å². The van der Waals surface area contributed by atoms with Gasteiger partial charge in [0, 0.05) is 24.2 Å². The van der Waals surface area contributed by atoms with Gasteiger partial charge in [-0.05, 0) is 73.1 Å². The topological polar surface area (TPSA) is 110 Å². The molecule has 2 heterocycles. The summed E-state index contributed by atoms with van der Waals surface area (Å²) in [5, 5.41) is 2.89. The number of halogens is 1. The van der Waals surface area contributed by atoms with Crippen molar-refractivity contribution < 1.29 is 26.8 Å². The maximum Gasteiger partial charge on any atom is 0.251 e. The molecular weight excluding hydrogens is 509 g/mol. The quantitative estimate of drug-likeness (QED) is 0.443. The fourth-order valence-corrected chi connectivity index (χ4v) is 6.25. The van der Waals surface area contributed by atoms with Crippen molar-refractivity contribution >= 4 is 21.7 Å². The van der Waals surface area contributed by atoms with E-state index in [1.54, 1.807) is 30.5 Å². The fourth-order valence-electron chi connectivity index (χ4n) is 5.05. The van der Waals surface area contributed by atoms with Crippen LogP contribution in [0.5, 0.6) is 0 Å². The van der Waals surface area contributed by atoms with Gasteiger partial charge in [0.15, 0.2) is 9.84 Å². The van der Waals surface area contributed by atoms with E-state index in [0.717, 1.165) is 30.4 Å².